The molecule has 0 aliphatic heterocycles. The van der Waals surface area contributed by atoms with Crippen LogP contribution in [0.1, 0.15) is 28.2 Å². The van der Waals surface area contributed by atoms with E-state index in [0.29, 0.717) is 13.1 Å². The van der Waals surface area contributed by atoms with Gasteiger partial charge >= 0.3 is 6.03 Å². The minimum atomic E-state index is -0.0724. The molecule has 132 valence electrons. The van der Waals surface area contributed by atoms with Crippen LogP contribution in [-0.2, 0) is 13.0 Å². The summed E-state index contributed by atoms with van der Waals surface area (Å²) in [4.78, 5) is 17.5. The first-order chi connectivity index (χ1) is 12.0. The van der Waals surface area contributed by atoms with Crippen LogP contribution in [0.3, 0.4) is 0 Å². The topological polar surface area (TPSA) is 76.8 Å². The lowest BCUT2D eigenvalue weighted by atomic mass is 10.1. The minimum Gasteiger partial charge on any atom is -0.357 e. The van der Waals surface area contributed by atoms with Crippen LogP contribution in [0.25, 0.3) is 10.9 Å². The average molecular weight is 339 g/mol. The number of aromatic nitrogens is 3. The van der Waals surface area contributed by atoms with Crippen LogP contribution in [0.4, 0.5) is 4.79 Å². The number of hydrogen-bond donors (Lipinski definition) is 3. The van der Waals surface area contributed by atoms with Gasteiger partial charge in [-0.3, -0.25) is 5.10 Å². The number of nitrogens with one attached hydrogen (secondary N) is 3. The number of para-hydroxylation sites is 1. The Morgan fingerprint density at radius 1 is 1.24 bits per heavy atom. The molecule has 6 heteroatoms. The van der Waals surface area contributed by atoms with Gasteiger partial charge in [0.2, 0.25) is 0 Å². The molecule has 0 aliphatic rings. The van der Waals surface area contributed by atoms with Crippen LogP contribution >= 0.6 is 0 Å². The molecule has 6 nitrogen and oxygen atoms in total. The molecule has 0 unspecified atom stereocenters. The van der Waals surface area contributed by atoms with Crippen molar-refractivity contribution in [3.63, 3.8) is 0 Å². The van der Waals surface area contributed by atoms with Crippen molar-refractivity contribution in [1.29, 1.82) is 0 Å². The highest BCUT2D eigenvalue weighted by atomic mass is 16.2. The number of carbonyl (C=O) groups is 1. The van der Waals surface area contributed by atoms with E-state index < -0.39 is 0 Å². The van der Waals surface area contributed by atoms with Gasteiger partial charge in [0.05, 0.1) is 12.2 Å². The van der Waals surface area contributed by atoms with E-state index in [1.54, 1.807) is 4.90 Å². The van der Waals surface area contributed by atoms with Gasteiger partial charge in [-0.25, -0.2) is 4.79 Å². The Balaban J connectivity index is 1.58. The summed E-state index contributed by atoms with van der Waals surface area (Å²) in [5.41, 5.74) is 6.60. The average Bonchev–Trinajstić information content (AvgIpc) is 3.08. The lowest BCUT2D eigenvalue weighted by Gasteiger charge is -2.18. The van der Waals surface area contributed by atoms with Gasteiger partial charge in [0.1, 0.15) is 0 Å². The Hall–Kier alpha value is -2.76. The number of H-pyrrole nitrogens is 2. The molecule has 3 N–H and O–H groups in total. The van der Waals surface area contributed by atoms with Crippen LogP contribution in [-0.4, -0.2) is 39.7 Å². The van der Waals surface area contributed by atoms with E-state index in [0.717, 1.165) is 29.0 Å². The zero-order valence-electron chi connectivity index (χ0n) is 15.2. The van der Waals surface area contributed by atoms with Gasteiger partial charge in [-0.05, 0) is 44.4 Å². The summed E-state index contributed by atoms with van der Waals surface area (Å²) in [5.74, 6) is 0. The van der Waals surface area contributed by atoms with Gasteiger partial charge in [-0.15, -0.1) is 0 Å². The molecule has 2 amide bonds. The van der Waals surface area contributed by atoms with E-state index in [1.165, 1.54) is 16.5 Å². The predicted molar refractivity (Wildman–Crippen MR) is 99.7 cm³/mol. The first kappa shape index (κ1) is 17.1. The summed E-state index contributed by atoms with van der Waals surface area (Å²) in [7, 11) is 1.81. The van der Waals surface area contributed by atoms with E-state index >= 15 is 0 Å². The van der Waals surface area contributed by atoms with Gasteiger partial charge in [0.25, 0.3) is 0 Å². The molecule has 3 rings (SSSR count). The Morgan fingerprint density at radius 2 is 2.00 bits per heavy atom. The summed E-state index contributed by atoms with van der Waals surface area (Å²) in [6.07, 6.45) is 0.777. The SMILES string of the molecule is Cc1n[nH]c(C)c1CCNC(=O)N(C)Cc1[nH]c2ccccc2c1C. The second-order valence-corrected chi connectivity index (χ2v) is 6.52. The van der Waals surface area contributed by atoms with Crippen molar-refractivity contribution in [2.75, 3.05) is 13.6 Å². The largest absolute Gasteiger partial charge is 0.357 e. The highest BCUT2D eigenvalue weighted by Crippen LogP contribution is 2.22. The van der Waals surface area contributed by atoms with Gasteiger partial charge in [-0.1, -0.05) is 18.2 Å². The number of aromatic amines is 2. The maximum absolute atomic E-state index is 12.3. The lowest BCUT2D eigenvalue weighted by Crippen LogP contribution is -2.38. The van der Waals surface area contributed by atoms with Crippen molar-refractivity contribution in [3.8, 4) is 0 Å². The van der Waals surface area contributed by atoms with Crippen molar-refractivity contribution in [2.45, 2.75) is 33.7 Å². The van der Waals surface area contributed by atoms with E-state index in [1.807, 2.05) is 33.0 Å². The first-order valence-corrected chi connectivity index (χ1v) is 8.53. The summed E-state index contributed by atoms with van der Waals surface area (Å²) >= 11 is 0. The van der Waals surface area contributed by atoms with Crippen LogP contribution < -0.4 is 5.32 Å². The number of aryl methyl sites for hydroxylation is 3. The molecule has 0 aliphatic carbocycles. The standard InChI is InChI=1S/C19H25N5O/c1-12-15-7-5-6-8-17(15)21-18(12)11-24(4)19(25)20-10-9-16-13(2)22-23-14(16)3/h5-8,21H,9-11H2,1-4H3,(H,20,25)(H,22,23). The molecule has 0 spiro atoms. The molecule has 0 saturated carbocycles. The van der Waals surface area contributed by atoms with Crippen molar-refractivity contribution in [1.82, 2.24) is 25.4 Å². The fraction of sp³-hybridized carbons (Fsp3) is 0.368. The summed E-state index contributed by atoms with van der Waals surface area (Å²) in [6, 6.07) is 8.13. The maximum Gasteiger partial charge on any atom is 0.317 e. The minimum absolute atomic E-state index is 0.0724. The normalized spacial score (nSPS) is 11.0. The molecule has 1 aromatic carbocycles. The highest BCUT2D eigenvalue weighted by molar-refractivity contribution is 5.84. The second kappa shape index (κ2) is 7.01. The van der Waals surface area contributed by atoms with Crippen molar-refractivity contribution >= 4 is 16.9 Å². The number of benzene rings is 1. The van der Waals surface area contributed by atoms with E-state index in [9.17, 15) is 4.79 Å². The third-order valence-corrected chi connectivity index (χ3v) is 4.74. The first-order valence-electron chi connectivity index (χ1n) is 8.53. The maximum atomic E-state index is 12.3. The number of rotatable bonds is 5. The van der Waals surface area contributed by atoms with Gasteiger partial charge < -0.3 is 15.2 Å². The van der Waals surface area contributed by atoms with Crippen molar-refractivity contribution in [2.24, 2.45) is 0 Å². The Kier molecular flexibility index (Phi) is 4.79. The van der Waals surface area contributed by atoms with Crippen LogP contribution in [0.2, 0.25) is 0 Å². The molecule has 3 aromatic rings. The number of hydrogen-bond acceptors (Lipinski definition) is 2. The van der Waals surface area contributed by atoms with Crippen LogP contribution in [0, 0.1) is 20.8 Å². The molecular weight excluding hydrogens is 314 g/mol. The molecule has 0 radical (unpaired) electrons. The number of urea groups is 1. The highest BCUT2D eigenvalue weighted by Gasteiger charge is 2.14. The molecule has 0 bridgehead atoms. The van der Waals surface area contributed by atoms with Gasteiger partial charge in [0, 0.05) is 35.9 Å². The predicted octanol–water partition coefficient (Wildman–Crippen LogP) is 3.20. The molecule has 0 atom stereocenters. The third-order valence-electron chi connectivity index (χ3n) is 4.74. The second-order valence-electron chi connectivity index (χ2n) is 6.52. The Bertz CT molecular complexity index is 873. The molecule has 2 aromatic heterocycles. The van der Waals surface area contributed by atoms with E-state index in [-0.39, 0.29) is 6.03 Å². The van der Waals surface area contributed by atoms with Crippen LogP contribution in [0.5, 0.6) is 0 Å². The summed E-state index contributed by atoms with van der Waals surface area (Å²) in [5, 5.41) is 11.3. The number of nitrogens with zero attached hydrogens (tertiary/aromatic N) is 2. The number of carbonyl (C=O) groups excluding carboxylic acids is 1. The Morgan fingerprint density at radius 3 is 2.68 bits per heavy atom. The molecule has 0 fully saturated rings. The third kappa shape index (κ3) is 3.52. The van der Waals surface area contributed by atoms with E-state index in [4.69, 9.17) is 0 Å². The number of amides is 2. The van der Waals surface area contributed by atoms with Crippen LogP contribution in [0.15, 0.2) is 24.3 Å². The fourth-order valence-electron chi connectivity index (χ4n) is 3.18. The van der Waals surface area contributed by atoms with E-state index in [2.05, 4.69) is 39.6 Å². The van der Waals surface area contributed by atoms with Gasteiger partial charge in [-0.2, -0.15) is 5.10 Å². The fourth-order valence-corrected chi connectivity index (χ4v) is 3.18. The van der Waals surface area contributed by atoms with Crippen molar-refractivity contribution < 1.29 is 4.79 Å². The zero-order valence-corrected chi connectivity index (χ0v) is 15.2. The number of fused-ring (bicyclic) bond motifs is 1. The monoisotopic (exact) mass is 339 g/mol. The molecule has 0 saturated heterocycles. The summed E-state index contributed by atoms with van der Waals surface area (Å²) < 4.78 is 0. The Labute approximate surface area is 147 Å². The quantitative estimate of drug-likeness (QED) is 0.667. The molecular formula is C19H25N5O. The lowest BCUT2D eigenvalue weighted by molar-refractivity contribution is 0.206. The van der Waals surface area contributed by atoms with Crippen molar-refractivity contribution in [3.05, 3.63) is 52.5 Å². The summed E-state index contributed by atoms with van der Waals surface area (Å²) in [6.45, 7) is 7.21. The zero-order chi connectivity index (χ0) is 18.0. The molecule has 2 heterocycles. The molecule has 25 heavy (non-hydrogen) atoms. The smallest absolute Gasteiger partial charge is 0.317 e. The van der Waals surface area contributed by atoms with Gasteiger partial charge in [0.15, 0.2) is 0 Å².